The smallest absolute Gasteiger partial charge is 0.321 e. The molecule has 2 fully saturated rings. The second kappa shape index (κ2) is 10.3. The van der Waals surface area contributed by atoms with Crippen molar-refractivity contribution in [2.75, 3.05) is 25.5 Å². The number of likely N-dealkylation sites (N-methyl/N-ethyl adjacent to an activating group) is 1. The quantitative estimate of drug-likeness (QED) is 0.589. The predicted molar refractivity (Wildman–Crippen MR) is 130 cm³/mol. The lowest BCUT2D eigenvalue weighted by molar-refractivity contribution is -0.141. The van der Waals surface area contributed by atoms with Gasteiger partial charge in [0.1, 0.15) is 11.9 Å². The summed E-state index contributed by atoms with van der Waals surface area (Å²) < 4.78 is 13.3. The van der Waals surface area contributed by atoms with E-state index in [0.29, 0.717) is 18.2 Å². The first-order valence-electron chi connectivity index (χ1n) is 12.0. The van der Waals surface area contributed by atoms with E-state index in [4.69, 9.17) is 0 Å². The van der Waals surface area contributed by atoms with Gasteiger partial charge in [-0.2, -0.15) is 0 Å². The molecular weight excluding hydrogens is 437 g/mol. The van der Waals surface area contributed by atoms with E-state index >= 15 is 0 Å². The number of carbonyl (C=O) groups excluding carboxylic acids is 3. The van der Waals surface area contributed by atoms with Crippen molar-refractivity contribution in [2.24, 2.45) is 11.3 Å². The van der Waals surface area contributed by atoms with Crippen molar-refractivity contribution < 1.29 is 18.8 Å². The first kappa shape index (κ1) is 25.9. The number of carbonyl (C=O) groups is 3. The van der Waals surface area contributed by atoms with Crippen LogP contribution >= 0.6 is 0 Å². The zero-order valence-corrected chi connectivity index (χ0v) is 21.0. The molecule has 1 heterocycles. The summed E-state index contributed by atoms with van der Waals surface area (Å²) in [4.78, 5) is 42.6. The van der Waals surface area contributed by atoms with Gasteiger partial charge in [0.2, 0.25) is 11.8 Å². The molecule has 1 saturated heterocycles. The normalized spacial score (nSPS) is 23.7. The summed E-state index contributed by atoms with van der Waals surface area (Å²) in [7, 11) is 3.35. The molecule has 1 unspecified atom stereocenters. The number of anilines is 1. The van der Waals surface area contributed by atoms with Gasteiger partial charge in [-0.25, -0.2) is 9.18 Å². The molecule has 4 amide bonds. The number of amides is 4. The second-order valence-electron chi connectivity index (χ2n) is 10.6. The number of hydrogen-bond acceptors (Lipinski definition) is 4. The van der Waals surface area contributed by atoms with E-state index in [-0.39, 0.29) is 35.7 Å². The average Bonchev–Trinajstić information content (AvgIpc) is 3.38. The number of fused-ring (bicyclic) bond motifs is 1. The van der Waals surface area contributed by atoms with Crippen molar-refractivity contribution >= 4 is 23.5 Å². The van der Waals surface area contributed by atoms with Gasteiger partial charge in [0, 0.05) is 19.3 Å². The molecule has 0 spiro atoms. The lowest BCUT2D eigenvalue weighted by atomic mass is 9.85. The molecule has 5 atom stereocenters. The lowest BCUT2D eigenvalue weighted by Gasteiger charge is -2.38. The number of nitrogens with one attached hydrogen (secondary N) is 3. The van der Waals surface area contributed by atoms with Gasteiger partial charge in [-0.1, -0.05) is 20.8 Å². The van der Waals surface area contributed by atoms with Gasteiger partial charge in [-0.15, -0.1) is 0 Å². The maximum absolute atomic E-state index is 13.7. The Bertz CT molecular complexity index is 901. The van der Waals surface area contributed by atoms with E-state index in [0.717, 1.165) is 19.3 Å². The second-order valence-corrected chi connectivity index (χ2v) is 10.6. The first-order chi connectivity index (χ1) is 15.9. The molecule has 3 N–H and O–H groups in total. The molecule has 1 saturated carbocycles. The third-order valence-electron chi connectivity index (χ3n) is 7.18. The van der Waals surface area contributed by atoms with Crippen molar-refractivity contribution in [2.45, 2.75) is 71.1 Å². The molecule has 2 aliphatic rings. The van der Waals surface area contributed by atoms with Crippen molar-refractivity contribution in [3.8, 4) is 0 Å². The molecule has 0 aromatic heterocycles. The van der Waals surface area contributed by atoms with Crippen LogP contribution in [0, 0.1) is 17.2 Å². The third-order valence-corrected chi connectivity index (χ3v) is 7.18. The number of likely N-dealkylation sites (tertiary alicyclic amines) is 1. The number of urea groups is 1. The van der Waals surface area contributed by atoms with Crippen LogP contribution in [0.15, 0.2) is 24.3 Å². The summed E-state index contributed by atoms with van der Waals surface area (Å²) in [5.41, 5.74) is 0.111. The number of halogens is 1. The molecule has 0 bridgehead atoms. The topological polar surface area (TPSA) is 93.8 Å². The van der Waals surface area contributed by atoms with E-state index in [1.165, 1.54) is 17.0 Å². The SMILES string of the molecule is CN[C@@H](C)C(=O)NC(C(=O)N1CC[C@H]2CC[C@H](NC(=O)N(C)c3ccc(F)cc3)[C@H]21)C(C)(C)C. The highest BCUT2D eigenvalue weighted by Gasteiger charge is 2.49. The molecule has 34 heavy (non-hydrogen) atoms. The summed E-state index contributed by atoms with van der Waals surface area (Å²) in [6.45, 7) is 8.20. The fourth-order valence-electron chi connectivity index (χ4n) is 4.97. The average molecular weight is 476 g/mol. The highest BCUT2D eigenvalue weighted by Crippen LogP contribution is 2.39. The molecule has 1 aliphatic carbocycles. The van der Waals surface area contributed by atoms with Crippen molar-refractivity contribution in [3.05, 3.63) is 30.1 Å². The van der Waals surface area contributed by atoms with Crippen LogP contribution in [-0.4, -0.2) is 67.6 Å². The van der Waals surface area contributed by atoms with Gasteiger partial charge in [-0.05, 0) is 68.8 Å². The first-order valence-corrected chi connectivity index (χ1v) is 12.0. The number of hydrogen-bond donors (Lipinski definition) is 3. The molecule has 9 heteroatoms. The Balaban J connectivity index is 1.74. The number of rotatable bonds is 6. The number of benzene rings is 1. The minimum Gasteiger partial charge on any atom is -0.342 e. The molecule has 3 rings (SSSR count). The molecule has 1 aromatic rings. The van der Waals surface area contributed by atoms with Gasteiger partial charge in [0.05, 0.1) is 18.1 Å². The molecule has 8 nitrogen and oxygen atoms in total. The van der Waals surface area contributed by atoms with Gasteiger partial charge < -0.3 is 20.9 Å². The van der Waals surface area contributed by atoms with Crippen molar-refractivity contribution in [1.29, 1.82) is 0 Å². The maximum atomic E-state index is 13.7. The summed E-state index contributed by atoms with van der Waals surface area (Å²) in [6, 6.07) is 4.08. The van der Waals surface area contributed by atoms with Crippen LogP contribution in [0.2, 0.25) is 0 Å². The van der Waals surface area contributed by atoms with Crippen LogP contribution in [-0.2, 0) is 9.59 Å². The van der Waals surface area contributed by atoms with E-state index in [2.05, 4.69) is 16.0 Å². The summed E-state index contributed by atoms with van der Waals surface area (Å²) in [5, 5.41) is 8.95. The van der Waals surface area contributed by atoms with Crippen LogP contribution in [0.25, 0.3) is 0 Å². The predicted octanol–water partition coefficient (Wildman–Crippen LogP) is 2.49. The molecule has 1 aromatic carbocycles. The Labute approximate surface area is 201 Å². The lowest BCUT2D eigenvalue weighted by Crippen LogP contribution is -2.60. The highest BCUT2D eigenvalue weighted by molar-refractivity contribution is 5.92. The standard InChI is InChI=1S/C25H38FN5O3/c1-15(27-5)22(32)29-21(25(2,3)4)23(33)31-14-13-16-7-12-19(20(16)31)28-24(34)30(6)18-10-8-17(26)9-11-18/h8-11,15-16,19-21,27H,7,12-14H2,1-6H3,(H,28,34)(H,29,32)/t15-,16+,19-,20-,21?/m0/s1. The molecule has 0 radical (unpaired) electrons. The van der Waals surface area contributed by atoms with Gasteiger partial charge in [-0.3, -0.25) is 14.5 Å². The summed E-state index contributed by atoms with van der Waals surface area (Å²) >= 11 is 0. The maximum Gasteiger partial charge on any atom is 0.321 e. The van der Waals surface area contributed by atoms with Gasteiger partial charge in [0.25, 0.3) is 0 Å². The Morgan fingerprint density at radius 2 is 1.76 bits per heavy atom. The highest BCUT2D eigenvalue weighted by atomic mass is 19.1. The van der Waals surface area contributed by atoms with Crippen LogP contribution in [0.3, 0.4) is 0 Å². The summed E-state index contributed by atoms with van der Waals surface area (Å²) in [6.07, 6.45) is 2.60. The van der Waals surface area contributed by atoms with Crippen molar-refractivity contribution in [1.82, 2.24) is 20.9 Å². The van der Waals surface area contributed by atoms with Crippen LogP contribution < -0.4 is 20.9 Å². The monoisotopic (exact) mass is 475 g/mol. The van der Waals surface area contributed by atoms with E-state index in [9.17, 15) is 18.8 Å². The zero-order chi connectivity index (χ0) is 25.2. The Morgan fingerprint density at radius 1 is 1.12 bits per heavy atom. The van der Waals surface area contributed by atoms with E-state index < -0.39 is 17.5 Å². The fourth-order valence-corrected chi connectivity index (χ4v) is 4.97. The molecular formula is C25H38FN5O3. The minimum absolute atomic E-state index is 0.107. The number of nitrogens with zero attached hydrogens (tertiary/aromatic N) is 2. The Kier molecular flexibility index (Phi) is 7.85. The van der Waals surface area contributed by atoms with Crippen LogP contribution in [0.4, 0.5) is 14.9 Å². The Hall–Kier alpha value is -2.68. The van der Waals surface area contributed by atoms with Crippen molar-refractivity contribution in [3.63, 3.8) is 0 Å². The zero-order valence-electron chi connectivity index (χ0n) is 21.0. The van der Waals surface area contributed by atoms with Crippen LogP contribution in [0.5, 0.6) is 0 Å². The third kappa shape index (κ3) is 5.51. The molecule has 1 aliphatic heterocycles. The minimum atomic E-state index is -0.673. The van der Waals surface area contributed by atoms with Gasteiger partial charge >= 0.3 is 6.03 Å². The van der Waals surface area contributed by atoms with E-state index in [1.807, 2.05) is 25.7 Å². The van der Waals surface area contributed by atoms with Crippen LogP contribution in [0.1, 0.15) is 47.0 Å². The van der Waals surface area contributed by atoms with Gasteiger partial charge in [0.15, 0.2) is 0 Å². The fraction of sp³-hybridized carbons (Fsp3) is 0.640. The molecule has 188 valence electrons. The Morgan fingerprint density at radius 3 is 2.35 bits per heavy atom. The summed E-state index contributed by atoms with van der Waals surface area (Å²) in [5.74, 6) is -0.368. The largest absolute Gasteiger partial charge is 0.342 e. The van der Waals surface area contributed by atoms with E-state index in [1.54, 1.807) is 33.2 Å².